The average molecular weight is 256 g/mol. The van der Waals surface area contributed by atoms with Gasteiger partial charge in [-0.25, -0.2) is 9.37 Å². The lowest BCUT2D eigenvalue weighted by Crippen LogP contribution is -2.00. The number of fused-ring (bicyclic) bond motifs is 1. The van der Waals surface area contributed by atoms with Crippen LogP contribution in [0, 0.1) is 5.82 Å². The number of halogens is 1. The largest absolute Gasteiger partial charge is 0.390 e. The molecule has 0 aliphatic rings. The van der Waals surface area contributed by atoms with Gasteiger partial charge in [0.05, 0.1) is 12.3 Å². The number of aliphatic hydroxyl groups is 1. The maximum absolute atomic E-state index is 12.9. The highest BCUT2D eigenvalue weighted by Crippen LogP contribution is 2.16. The number of hydrogen-bond donors (Lipinski definition) is 1. The van der Waals surface area contributed by atoms with Crippen molar-refractivity contribution in [1.82, 2.24) is 9.55 Å². The van der Waals surface area contributed by atoms with Crippen molar-refractivity contribution < 1.29 is 9.50 Å². The Morgan fingerprint density at radius 1 is 1.05 bits per heavy atom. The number of aliphatic hydroxyl groups excluding tert-OH is 1. The molecule has 19 heavy (non-hydrogen) atoms. The van der Waals surface area contributed by atoms with Crippen molar-refractivity contribution >= 4 is 11.0 Å². The quantitative estimate of drug-likeness (QED) is 0.782. The maximum atomic E-state index is 12.9. The monoisotopic (exact) mass is 256 g/mol. The first-order chi connectivity index (χ1) is 9.26. The fourth-order valence-corrected chi connectivity index (χ4v) is 2.10. The van der Waals surface area contributed by atoms with Crippen LogP contribution in [0.4, 0.5) is 4.39 Å². The number of nitrogens with zero attached hydrogens (tertiary/aromatic N) is 2. The van der Waals surface area contributed by atoms with Crippen LogP contribution in [0.1, 0.15) is 11.3 Å². The van der Waals surface area contributed by atoms with Crippen LogP contribution in [0.5, 0.6) is 0 Å². The van der Waals surface area contributed by atoms with E-state index in [-0.39, 0.29) is 12.4 Å². The third-order valence-corrected chi connectivity index (χ3v) is 3.10. The summed E-state index contributed by atoms with van der Waals surface area (Å²) in [4.78, 5) is 4.41. The molecule has 0 amide bonds. The molecule has 0 saturated carbocycles. The van der Waals surface area contributed by atoms with Crippen LogP contribution >= 0.6 is 0 Å². The molecule has 96 valence electrons. The molecule has 0 saturated heterocycles. The minimum atomic E-state index is -0.234. The highest BCUT2D eigenvalue weighted by atomic mass is 19.1. The Hall–Kier alpha value is -2.20. The molecule has 0 aliphatic heterocycles. The molecular weight excluding hydrogens is 243 g/mol. The summed E-state index contributed by atoms with van der Waals surface area (Å²) in [6.07, 6.45) is 1.95. The fraction of sp³-hybridized carbons (Fsp3) is 0.133. The zero-order valence-corrected chi connectivity index (χ0v) is 10.3. The number of rotatable bonds is 3. The summed E-state index contributed by atoms with van der Waals surface area (Å²) in [5.41, 5.74) is 2.48. The van der Waals surface area contributed by atoms with Gasteiger partial charge in [0.2, 0.25) is 0 Å². The predicted octanol–water partition coefficient (Wildman–Crippen LogP) is 2.72. The normalized spacial score (nSPS) is 11.1. The highest BCUT2D eigenvalue weighted by Gasteiger charge is 2.04. The zero-order valence-electron chi connectivity index (χ0n) is 10.3. The summed E-state index contributed by atoms with van der Waals surface area (Å²) in [6, 6.07) is 12.2. The van der Waals surface area contributed by atoms with Gasteiger partial charge in [-0.05, 0) is 35.9 Å². The molecule has 2 aromatic heterocycles. The van der Waals surface area contributed by atoms with Gasteiger partial charge in [0.1, 0.15) is 11.5 Å². The van der Waals surface area contributed by atoms with Crippen molar-refractivity contribution in [2.75, 3.05) is 0 Å². The Bertz CT molecular complexity index is 704. The standard InChI is InChI=1S/C15H13FN2O/c16-13-4-1-11(2-5-13)9-18-8-7-12-3-6-14(10-19)17-15(12)18/h1-8,19H,9-10H2. The van der Waals surface area contributed by atoms with Crippen LogP contribution in [0.15, 0.2) is 48.7 Å². The molecule has 0 bridgehead atoms. The Balaban J connectivity index is 1.98. The van der Waals surface area contributed by atoms with Gasteiger partial charge in [-0.2, -0.15) is 0 Å². The third-order valence-electron chi connectivity index (χ3n) is 3.10. The number of aromatic nitrogens is 2. The molecule has 1 N–H and O–H groups in total. The van der Waals surface area contributed by atoms with Crippen LogP contribution in [-0.4, -0.2) is 14.7 Å². The van der Waals surface area contributed by atoms with Crippen molar-refractivity contribution in [3.8, 4) is 0 Å². The smallest absolute Gasteiger partial charge is 0.140 e. The molecule has 2 heterocycles. The Labute approximate surface area is 109 Å². The second-order valence-corrected chi connectivity index (χ2v) is 4.44. The molecule has 3 nitrogen and oxygen atoms in total. The first kappa shape index (κ1) is 11.9. The molecule has 1 aromatic carbocycles. The minimum Gasteiger partial charge on any atom is -0.390 e. The van der Waals surface area contributed by atoms with E-state index < -0.39 is 0 Å². The molecule has 4 heteroatoms. The lowest BCUT2D eigenvalue weighted by atomic mass is 10.2. The SMILES string of the molecule is OCc1ccc2ccn(Cc3ccc(F)cc3)c2n1. The van der Waals surface area contributed by atoms with E-state index in [4.69, 9.17) is 5.11 Å². The Kier molecular flexibility index (Phi) is 3.01. The van der Waals surface area contributed by atoms with Crippen LogP contribution < -0.4 is 0 Å². The van der Waals surface area contributed by atoms with Crippen molar-refractivity contribution in [1.29, 1.82) is 0 Å². The van der Waals surface area contributed by atoms with Crippen molar-refractivity contribution in [2.24, 2.45) is 0 Å². The van der Waals surface area contributed by atoms with E-state index in [1.807, 2.05) is 29.0 Å². The van der Waals surface area contributed by atoms with Gasteiger partial charge in [0, 0.05) is 18.1 Å². The average Bonchev–Trinajstić information content (AvgIpc) is 2.84. The predicted molar refractivity (Wildman–Crippen MR) is 71.2 cm³/mol. The lowest BCUT2D eigenvalue weighted by Gasteiger charge is -2.06. The number of pyridine rings is 1. The van der Waals surface area contributed by atoms with E-state index >= 15 is 0 Å². The Morgan fingerprint density at radius 2 is 1.84 bits per heavy atom. The Morgan fingerprint density at radius 3 is 2.58 bits per heavy atom. The zero-order chi connectivity index (χ0) is 13.2. The minimum absolute atomic E-state index is 0.0718. The van der Waals surface area contributed by atoms with E-state index in [9.17, 15) is 4.39 Å². The van der Waals surface area contributed by atoms with Crippen molar-refractivity contribution in [3.05, 3.63) is 65.7 Å². The molecule has 0 unspecified atom stereocenters. The summed E-state index contributed by atoms with van der Waals surface area (Å²) in [6.45, 7) is 0.559. The van der Waals surface area contributed by atoms with E-state index in [0.717, 1.165) is 16.6 Å². The molecule has 0 atom stereocenters. The van der Waals surface area contributed by atoms with Crippen LogP contribution in [0.25, 0.3) is 11.0 Å². The second kappa shape index (κ2) is 4.82. The van der Waals surface area contributed by atoms with Crippen molar-refractivity contribution in [2.45, 2.75) is 13.2 Å². The van der Waals surface area contributed by atoms with Gasteiger partial charge in [-0.3, -0.25) is 0 Å². The van der Waals surface area contributed by atoms with E-state index in [2.05, 4.69) is 4.98 Å². The molecule has 0 spiro atoms. The third kappa shape index (κ3) is 2.35. The summed E-state index contributed by atoms with van der Waals surface area (Å²) in [7, 11) is 0. The van der Waals surface area contributed by atoms with Gasteiger partial charge in [-0.1, -0.05) is 12.1 Å². The van der Waals surface area contributed by atoms with Gasteiger partial charge in [0.25, 0.3) is 0 Å². The maximum Gasteiger partial charge on any atom is 0.140 e. The summed E-state index contributed by atoms with van der Waals surface area (Å²) < 4.78 is 14.9. The molecular formula is C15H13FN2O. The summed E-state index contributed by atoms with van der Waals surface area (Å²) in [5, 5.41) is 10.2. The highest BCUT2D eigenvalue weighted by molar-refractivity contribution is 5.76. The summed E-state index contributed by atoms with van der Waals surface area (Å²) >= 11 is 0. The number of hydrogen-bond acceptors (Lipinski definition) is 2. The second-order valence-electron chi connectivity index (χ2n) is 4.44. The molecule has 0 aliphatic carbocycles. The first-order valence-electron chi connectivity index (χ1n) is 6.06. The molecule has 3 aromatic rings. The van der Waals surface area contributed by atoms with Crippen LogP contribution in [-0.2, 0) is 13.2 Å². The molecule has 0 fully saturated rings. The lowest BCUT2D eigenvalue weighted by molar-refractivity contribution is 0.277. The van der Waals surface area contributed by atoms with Crippen LogP contribution in [0.2, 0.25) is 0 Å². The van der Waals surface area contributed by atoms with Gasteiger partial charge < -0.3 is 9.67 Å². The van der Waals surface area contributed by atoms with Gasteiger partial charge in [-0.15, -0.1) is 0 Å². The van der Waals surface area contributed by atoms with E-state index in [1.165, 1.54) is 12.1 Å². The number of benzene rings is 1. The summed E-state index contributed by atoms with van der Waals surface area (Å²) in [5.74, 6) is -0.234. The molecule has 3 rings (SSSR count). The van der Waals surface area contributed by atoms with Crippen LogP contribution in [0.3, 0.4) is 0 Å². The molecule has 0 radical (unpaired) electrons. The first-order valence-corrected chi connectivity index (χ1v) is 6.06. The van der Waals surface area contributed by atoms with Gasteiger partial charge in [0.15, 0.2) is 0 Å². The topological polar surface area (TPSA) is 38.0 Å². The van der Waals surface area contributed by atoms with Gasteiger partial charge >= 0.3 is 0 Å². The van der Waals surface area contributed by atoms with E-state index in [1.54, 1.807) is 12.1 Å². The fourth-order valence-electron chi connectivity index (χ4n) is 2.10. The van der Waals surface area contributed by atoms with Crippen molar-refractivity contribution in [3.63, 3.8) is 0 Å². The van der Waals surface area contributed by atoms with E-state index in [0.29, 0.717) is 12.2 Å².